The van der Waals surface area contributed by atoms with E-state index in [1.165, 1.54) is 40.9 Å². The maximum Gasteiger partial charge on any atom is 0.272 e. The number of halogens is 1. The van der Waals surface area contributed by atoms with Crippen LogP contribution in [0.15, 0.2) is 70.2 Å². The van der Waals surface area contributed by atoms with Crippen LogP contribution in [-0.2, 0) is 15.3 Å². The molecule has 0 fully saturated rings. The summed E-state index contributed by atoms with van der Waals surface area (Å²) in [5.41, 5.74) is 3.38. The molecule has 0 spiro atoms. The van der Waals surface area contributed by atoms with Crippen molar-refractivity contribution in [2.45, 2.75) is 19.6 Å². The fraction of sp³-hybridized carbons (Fsp3) is 0.130. The van der Waals surface area contributed by atoms with Crippen LogP contribution in [0, 0.1) is 19.7 Å². The van der Waals surface area contributed by atoms with E-state index in [0.717, 1.165) is 11.1 Å². The van der Waals surface area contributed by atoms with E-state index in [-0.39, 0.29) is 11.5 Å². The number of amides is 2. The van der Waals surface area contributed by atoms with E-state index in [4.69, 9.17) is 4.42 Å². The van der Waals surface area contributed by atoms with E-state index in [2.05, 4.69) is 0 Å². The van der Waals surface area contributed by atoms with Gasteiger partial charge in [0.15, 0.2) is 0 Å². The van der Waals surface area contributed by atoms with Crippen molar-refractivity contribution >= 4 is 34.8 Å². The molecule has 0 unspecified atom stereocenters. The summed E-state index contributed by atoms with van der Waals surface area (Å²) >= 11 is 1.25. The van der Waals surface area contributed by atoms with Gasteiger partial charge >= 0.3 is 0 Å². The fourth-order valence-electron chi connectivity index (χ4n) is 3.15. The summed E-state index contributed by atoms with van der Waals surface area (Å²) in [6, 6.07) is 14.7. The first-order valence-electron chi connectivity index (χ1n) is 9.07. The van der Waals surface area contributed by atoms with Gasteiger partial charge in [-0.1, -0.05) is 18.2 Å². The van der Waals surface area contributed by atoms with Gasteiger partial charge in [-0.15, -0.1) is 11.8 Å². The van der Waals surface area contributed by atoms with Crippen molar-refractivity contribution in [3.63, 3.8) is 0 Å². The molecule has 0 aliphatic carbocycles. The Morgan fingerprint density at radius 3 is 2.38 bits per heavy atom. The topological polar surface area (TPSA) is 50.5 Å². The number of carbonyl (C=O) groups is 2. The molecule has 2 amide bonds. The van der Waals surface area contributed by atoms with Gasteiger partial charge in [-0.05, 0) is 66.9 Å². The van der Waals surface area contributed by atoms with Gasteiger partial charge in [0.05, 0.1) is 28.2 Å². The lowest BCUT2D eigenvalue weighted by Gasteiger charge is -2.16. The maximum absolute atomic E-state index is 13.4. The molecule has 4 nitrogen and oxygen atoms in total. The lowest BCUT2D eigenvalue weighted by Crippen LogP contribution is -2.31. The molecule has 146 valence electrons. The third-order valence-corrected chi connectivity index (χ3v) is 5.96. The number of hydrogen-bond acceptors (Lipinski definition) is 4. The van der Waals surface area contributed by atoms with E-state index in [1.54, 1.807) is 18.4 Å². The third kappa shape index (κ3) is 3.63. The number of rotatable bonds is 5. The van der Waals surface area contributed by atoms with Crippen LogP contribution < -0.4 is 4.90 Å². The summed E-state index contributed by atoms with van der Waals surface area (Å²) in [6.07, 6.45) is 1.56. The number of thioether (sulfide) groups is 1. The van der Waals surface area contributed by atoms with Gasteiger partial charge in [-0.25, -0.2) is 9.29 Å². The van der Waals surface area contributed by atoms with Gasteiger partial charge in [-0.2, -0.15) is 0 Å². The molecule has 0 saturated carbocycles. The second kappa shape index (κ2) is 7.72. The first kappa shape index (κ1) is 19.2. The standard InChI is InChI=1S/C23H18FNO3S/c1-14-5-10-18(12-15(14)2)25-22(26)20(16-6-8-17(24)9-7-16)21(23(25)27)29-13-19-4-3-11-28-19/h3-12H,13H2,1-2H3. The summed E-state index contributed by atoms with van der Waals surface area (Å²) in [7, 11) is 0. The minimum atomic E-state index is -0.410. The van der Waals surface area contributed by atoms with E-state index < -0.39 is 11.7 Å². The second-order valence-corrected chi connectivity index (χ2v) is 7.78. The van der Waals surface area contributed by atoms with Crippen molar-refractivity contribution in [1.29, 1.82) is 0 Å². The zero-order chi connectivity index (χ0) is 20.5. The summed E-state index contributed by atoms with van der Waals surface area (Å²) in [5, 5.41) is 0. The van der Waals surface area contributed by atoms with Crippen LogP contribution in [0.4, 0.5) is 10.1 Å². The normalized spacial score (nSPS) is 14.2. The predicted octanol–water partition coefficient (Wildman–Crippen LogP) is 5.25. The lowest BCUT2D eigenvalue weighted by molar-refractivity contribution is -0.119. The summed E-state index contributed by atoms with van der Waals surface area (Å²) < 4.78 is 18.8. The Bertz CT molecular complexity index is 1120. The minimum absolute atomic E-state index is 0.282. The molecule has 2 heterocycles. The van der Waals surface area contributed by atoms with Crippen LogP contribution in [0.2, 0.25) is 0 Å². The molecule has 1 aliphatic heterocycles. The van der Waals surface area contributed by atoms with Crippen molar-refractivity contribution in [3.8, 4) is 0 Å². The predicted molar refractivity (Wildman–Crippen MR) is 112 cm³/mol. The van der Waals surface area contributed by atoms with Crippen LogP contribution in [0.5, 0.6) is 0 Å². The SMILES string of the molecule is Cc1ccc(N2C(=O)C(SCc3ccco3)=C(c3ccc(F)cc3)C2=O)cc1C. The molecule has 0 radical (unpaired) electrons. The zero-order valence-corrected chi connectivity index (χ0v) is 16.8. The molecular weight excluding hydrogens is 389 g/mol. The molecule has 0 N–H and O–H groups in total. The molecular formula is C23H18FNO3S. The minimum Gasteiger partial charge on any atom is -0.468 e. The highest BCUT2D eigenvalue weighted by molar-refractivity contribution is 8.03. The monoisotopic (exact) mass is 407 g/mol. The van der Waals surface area contributed by atoms with Gasteiger partial charge in [0, 0.05) is 0 Å². The van der Waals surface area contributed by atoms with E-state index in [0.29, 0.717) is 27.7 Å². The summed E-state index contributed by atoms with van der Waals surface area (Å²) in [5.74, 6) is -0.0824. The van der Waals surface area contributed by atoms with Gasteiger partial charge in [0.1, 0.15) is 11.6 Å². The highest BCUT2D eigenvalue weighted by Crippen LogP contribution is 2.40. The summed E-state index contributed by atoms with van der Waals surface area (Å²) in [6.45, 7) is 3.91. The van der Waals surface area contributed by atoms with Crippen molar-refractivity contribution in [1.82, 2.24) is 0 Å². The van der Waals surface area contributed by atoms with Gasteiger partial charge in [0.25, 0.3) is 11.8 Å². The Labute approximate surface area is 172 Å². The molecule has 0 saturated heterocycles. The molecule has 3 aromatic rings. The van der Waals surface area contributed by atoms with Crippen LogP contribution in [0.1, 0.15) is 22.5 Å². The first-order chi connectivity index (χ1) is 14.0. The lowest BCUT2D eigenvalue weighted by atomic mass is 10.1. The Hall–Kier alpha value is -3.12. The third-order valence-electron chi connectivity index (χ3n) is 4.86. The molecule has 0 atom stereocenters. The summed E-state index contributed by atoms with van der Waals surface area (Å²) in [4.78, 5) is 28.1. The molecule has 29 heavy (non-hydrogen) atoms. The molecule has 0 bridgehead atoms. The van der Waals surface area contributed by atoms with Crippen molar-refractivity contribution in [3.05, 3.63) is 94.0 Å². The van der Waals surface area contributed by atoms with Crippen molar-refractivity contribution in [2.75, 3.05) is 4.90 Å². The zero-order valence-electron chi connectivity index (χ0n) is 15.9. The van der Waals surface area contributed by atoms with Gasteiger partial charge in [-0.3, -0.25) is 9.59 Å². The molecule has 4 rings (SSSR count). The van der Waals surface area contributed by atoms with Crippen molar-refractivity contribution < 1.29 is 18.4 Å². The van der Waals surface area contributed by atoms with Gasteiger partial charge < -0.3 is 4.42 Å². The van der Waals surface area contributed by atoms with E-state index >= 15 is 0 Å². The van der Waals surface area contributed by atoms with E-state index in [1.807, 2.05) is 32.0 Å². The number of carbonyl (C=O) groups excluding carboxylic acids is 2. The Morgan fingerprint density at radius 1 is 0.966 bits per heavy atom. The van der Waals surface area contributed by atoms with Crippen LogP contribution in [-0.4, -0.2) is 11.8 Å². The smallest absolute Gasteiger partial charge is 0.272 e. The number of anilines is 1. The van der Waals surface area contributed by atoms with Crippen LogP contribution >= 0.6 is 11.8 Å². The average Bonchev–Trinajstić information content (AvgIpc) is 3.30. The Kier molecular flexibility index (Phi) is 5.11. The Morgan fingerprint density at radius 2 is 1.72 bits per heavy atom. The average molecular weight is 407 g/mol. The number of benzene rings is 2. The second-order valence-electron chi connectivity index (χ2n) is 6.79. The number of furan rings is 1. The fourth-order valence-corrected chi connectivity index (χ4v) is 4.17. The highest BCUT2D eigenvalue weighted by Gasteiger charge is 2.40. The quantitative estimate of drug-likeness (QED) is 0.542. The molecule has 6 heteroatoms. The Balaban J connectivity index is 1.76. The van der Waals surface area contributed by atoms with Gasteiger partial charge in [0.2, 0.25) is 0 Å². The largest absolute Gasteiger partial charge is 0.468 e. The van der Waals surface area contributed by atoms with Crippen LogP contribution in [0.3, 0.4) is 0 Å². The van der Waals surface area contributed by atoms with E-state index in [9.17, 15) is 14.0 Å². The first-order valence-corrected chi connectivity index (χ1v) is 10.1. The van der Waals surface area contributed by atoms with Crippen LogP contribution in [0.25, 0.3) is 5.57 Å². The number of aryl methyl sites for hydroxylation is 2. The number of imide groups is 1. The molecule has 2 aromatic carbocycles. The number of hydrogen-bond donors (Lipinski definition) is 0. The number of nitrogens with zero attached hydrogens (tertiary/aromatic N) is 1. The molecule has 1 aromatic heterocycles. The molecule has 1 aliphatic rings. The maximum atomic E-state index is 13.4. The highest BCUT2D eigenvalue weighted by atomic mass is 32.2. The van der Waals surface area contributed by atoms with Crippen molar-refractivity contribution in [2.24, 2.45) is 0 Å².